The van der Waals surface area contributed by atoms with Gasteiger partial charge in [0.15, 0.2) is 0 Å². The average Bonchev–Trinajstić information content (AvgIpc) is 3.55. The van der Waals surface area contributed by atoms with Crippen LogP contribution >= 0.6 is 0 Å². The lowest BCUT2D eigenvalue weighted by Gasteiger charge is -2.27. The number of nitrogen functional groups attached to an aromatic ring is 1. The van der Waals surface area contributed by atoms with E-state index >= 15 is 4.39 Å². The summed E-state index contributed by atoms with van der Waals surface area (Å²) < 4.78 is 44.8. The Balaban J connectivity index is 0.780. The van der Waals surface area contributed by atoms with Crippen LogP contribution in [-0.4, -0.2) is 85.3 Å². The van der Waals surface area contributed by atoms with Gasteiger partial charge in [-0.05, 0) is 91.4 Å². The molecule has 4 aromatic carbocycles. The lowest BCUT2D eigenvalue weighted by molar-refractivity contribution is -0.136. The van der Waals surface area contributed by atoms with Crippen molar-refractivity contribution in [3.05, 3.63) is 119 Å². The van der Waals surface area contributed by atoms with E-state index in [9.17, 15) is 42.0 Å². The minimum absolute atomic E-state index is 0.00658. The lowest BCUT2D eigenvalue weighted by atomic mass is 9.94. The second-order valence-corrected chi connectivity index (χ2v) is 17.8. The van der Waals surface area contributed by atoms with Gasteiger partial charge in [0.05, 0.1) is 28.3 Å². The summed E-state index contributed by atoms with van der Waals surface area (Å²) in [6.45, 7) is 0.611. The summed E-state index contributed by atoms with van der Waals surface area (Å²) in [4.78, 5) is 92.7. The molecule has 344 valence electrons. The lowest BCUT2D eigenvalue weighted by Crippen LogP contribution is -2.54. The van der Waals surface area contributed by atoms with Crippen LogP contribution in [0.25, 0.3) is 22.3 Å². The van der Waals surface area contributed by atoms with Gasteiger partial charge in [0, 0.05) is 65.8 Å². The molecular weight excluding hydrogens is 886 g/mol. The number of unbranched alkanes of at least 4 members (excludes halogenated alkanes) is 2. The van der Waals surface area contributed by atoms with Crippen LogP contribution in [0.3, 0.4) is 0 Å². The quantitative estimate of drug-likeness (QED) is 0.0538. The van der Waals surface area contributed by atoms with E-state index in [1.165, 1.54) is 36.5 Å². The number of halogens is 1. The number of nitrogens with two attached hydrogens (primary N) is 1. The van der Waals surface area contributed by atoms with Crippen molar-refractivity contribution >= 4 is 74.3 Å². The van der Waals surface area contributed by atoms with Crippen LogP contribution in [0.5, 0.6) is 0 Å². The summed E-state index contributed by atoms with van der Waals surface area (Å²) in [6, 6.07) is 20.0. The number of fused-ring (bicyclic) bond motifs is 2. The minimum atomic E-state index is -4.27. The third-order valence-electron chi connectivity index (χ3n) is 11.5. The first-order valence-electron chi connectivity index (χ1n) is 21.4. The molecule has 0 bridgehead atoms. The molecule has 3 aliphatic rings. The normalized spacial score (nSPS) is 15.6. The highest BCUT2D eigenvalue weighted by Crippen LogP contribution is 2.35. The van der Waals surface area contributed by atoms with E-state index in [-0.39, 0.29) is 82.3 Å². The molecule has 1 fully saturated rings. The fourth-order valence-corrected chi connectivity index (χ4v) is 9.22. The largest absolute Gasteiger partial charge is 0.383 e. The third kappa shape index (κ3) is 9.98. The van der Waals surface area contributed by atoms with Gasteiger partial charge < -0.3 is 27.0 Å². The summed E-state index contributed by atoms with van der Waals surface area (Å²) >= 11 is 0. The van der Waals surface area contributed by atoms with Crippen LogP contribution < -0.4 is 37.0 Å². The highest BCUT2D eigenvalue weighted by atomic mass is 32.2. The Morgan fingerprint density at radius 3 is 2.40 bits per heavy atom. The van der Waals surface area contributed by atoms with Gasteiger partial charge in [-0.25, -0.2) is 17.8 Å². The van der Waals surface area contributed by atoms with E-state index < -0.39 is 45.5 Å². The molecule has 0 spiro atoms. The summed E-state index contributed by atoms with van der Waals surface area (Å²) in [7, 11) is -4.27. The predicted molar refractivity (Wildman–Crippen MR) is 244 cm³/mol. The molecule has 0 saturated carbocycles. The number of carbonyl (C=O) groups is 7. The highest BCUT2D eigenvalue weighted by molar-refractivity contribution is 7.92. The third-order valence-corrected chi connectivity index (χ3v) is 12.9. The standard InChI is InChI=1S/C47H44FN9O9S/c48-36-23-31(12-14-32(36)28-21-35(43(49)53-24-28)26-11-13-33-27(20-26)17-19-51-44(33)61)67(65,66)56-30-7-4-6-29(22-30)54-39(58)10-2-1-3-18-50-41(60)25-52-37-9-5-8-34-42(37)47(64)57(46(34)63)38-15-16-40(59)55-45(38)62/h4-9,11-14,20-24,38,52,56H,1-3,10,15-19,25H2,(H2,49,53)(H,50,60)(H,51,61)(H,54,58)(H,55,59,62). The van der Waals surface area contributed by atoms with E-state index in [0.29, 0.717) is 66.7 Å². The van der Waals surface area contributed by atoms with Gasteiger partial charge in [-0.3, -0.25) is 48.5 Å². The van der Waals surface area contributed by atoms with Gasteiger partial charge in [-0.15, -0.1) is 0 Å². The fraction of sp³-hybridized carbons (Fsp3) is 0.234. The van der Waals surface area contributed by atoms with E-state index in [4.69, 9.17) is 5.73 Å². The number of pyridine rings is 1. The van der Waals surface area contributed by atoms with Gasteiger partial charge in [-0.2, -0.15) is 0 Å². The van der Waals surface area contributed by atoms with E-state index in [0.717, 1.165) is 16.5 Å². The first-order chi connectivity index (χ1) is 32.2. The van der Waals surface area contributed by atoms with Crippen molar-refractivity contribution in [1.82, 2.24) is 25.8 Å². The number of nitrogens with zero attached hydrogens (tertiary/aromatic N) is 2. The molecular formula is C47H44FN9O9S. The number of hydrogen-bond acceptors (Lipinski definition) is 12. The van der Waals surface area contributed by atoms with Crippen molar-refractivity contribution in [2.24, 2.45) is 0 Å². The van der Waals surface area contributed by atoms with Gasteiger partial charge in [0.1, 0.15) is 17.7 Å². The predicted octanol–water partition coefficient (Wildman–Crippen LogP) is 4.35. The number of sulfonamides is 1. The zero-order valence-corrected chi connectivity index (χ0v) is 36.6. The number of anilines is 4. The highest BCUT2D eigenvalue weighted by Gasteiger charge is 2.45. The van der Waals surface area contributed by atoms with Crippen molar-refractivity contribution in [3.8, 4) is 22.3 Å². The molecule has 7 amide bonds. The maximum Gasteiger partial charge on any atom is 0.264 e. The van der Waals surface area contributed by atoms with Crippen molar-refractivity contribution in [2.75, 3.05) is 40.7 Å². The van der Waals surface area contributed by atoms with E-state index in [1.807, 2.05) is 6.07 Å². The van der Waals surface area contributed by atoms with Crippen LogP contribution in [0.15, 0.2) is 96.0 Å². The molecule has 8 rings (SSSR count). The number of imide groups is 2. The fourth-order valence-electron chi connectivity index (χ4n) is 8.16. The van der Waals surface area contributed by atoms with Gasteiger partial charge in [-0.1, -0.05) is 36.8 Å². The van der Waals surface area contributed by atoms with Crippen molar-refractivity contribution in [1.29, 1.82) is 0 Å². The molecule has 20 heteroatoms. The first kappa shape index (κ1) is 45.6. The number of carbonyl (C=O) groups excluding carboxylic acids is 7. The second kappa shape index (κ2) is 19.2. The van der Waals surface area contributed by atoms with Crippen LogP contribution in [0, 0.1) is 5.82 Å². The number of piperidine rings is 1. The van der Waals surface area contributed by atoms with Crippen LogP contribution in [0.2, 0.25) is 0 Å². The molecule has 0 aliphatic carbocycles. The Bertz CT molecular complexity index is 3000. The number of aromatic nitrogens is 1. The molecule has 67 heavy (non-hydrogen) atoms. The van der Waals surface area contributed by atoms with E-state index in [1.54, 1.807) is 42.5 Å². The maximum atomic E-state index is 15.6. The second-order valence-electron chi connectivity index (χ2n) is 16.1. The zero-order chi connectivity index (χ0) is 47.4. The van der Waals surface area contributed by atoms with Crippen molar-refractivity contribution < 1.29 is 46.4 Å². The summed E-state index contributed by atoms with van der Waals surface area (Å²) in [6.07, 6.45) is 3.85. The van der Waals surface area contributed by atoms with Gasteiger partial charge in [0.25, 0.3) is 27.7 Å². The molecule has 4 heterocycles. The molecule has 0 radical (unpaired) electrons. The molecule has 1 saturated heterocycles. The van der Waals surface area contributed by atoms with Crippen LogP contribution in [0.4, 0.5) is 27.3 Å². The molecule has 18 nitrogen and oxygen atoms in total. The zero-order valence-electron chi connectivity index (χ0n) is 35.7. The molecule has 1 aromatic heterocycles. The van der Waals surface area contributed by atoms with Crippen molar-refractivity contribution in [2.45, 2.75) is 55.9 Å². The van der Waals surface area contributed by atoms with Gasteiger partial charge in [0.2, 0.25) is 23.6 Å². The van der Waals surface area contributed by atoms with Gasteiger partial charge >= 0.3 is 0 Å². The SMILES string of the molecule is Nc1ncc(-c2ccc(S(=O)(=O)Nc3cccc(NC(=O)CCCCCNC(=O)CNc4cccc5c4C(=O)N(C4CCC(=O)NC4=O)C5=O)c3)cc2F)cc1-c1ccc2c(c1)CCNC2=O. The molecule has 3 aliphatic heterocycles. The number of rotatable bonds is 16. The van der Waals surface area contributed by atoms with Crippen molar-refractivity contribution in [3.63, 3.8) is 0 Å². The number of hydrogen-bond donors (Lipinski definition) is 7. The number of amides is 7. The Morgan fingerprint density at radius 2 is 1.60 bits per heavy atom. The number of nitrogens with one attached hydrogen (secondary N) is 6. The molecule has 1 atom stereocenters. The molecule has 5 aromatic rings. The molecule has 1 unspecified atom stereocenters. The van der Waals surface area contributed by atoms with Crippen LogP contribution in [0.1, 0.15) is 75.2 Å². The Labute approximate surface area is 383 Å². The summed E-state index contributed by atoms with van der Waals surface area (Å²) in [5.41, 5.74) is 10.2. The average molecular weight is 930 g/mol. The molecule has 8 N–H and O–H groups in total. The topological polar surface area (TPSA) is 268 Å². The Kier molecular flexibility index (Phi) is 13.1. The minimum Gasteiger partial charge on any atom is -0.383 e. The number of benzene rings is 4. The summed E-state index contributed by atoms with van der Waals surface area (Å²) in [5, 5.41) is 13.4. The summed E-state index contributed by atoms with van der Waals surface area (Å²) in [5.74, 6) is -4.00. The monoisotopic (exact) mass is 929 g/mol. The van der Waals surface area contributed by atoms with E-state index in [2.05, 4.69) is 36.3 Å². The van der Waals surface area contributed by atoms with Crippen LogP contribution in [-0.2, 0) is 35.6 Å². The first-order valence-corrected chi connectivity index (χ1v) is 22.9. The maximum absolute atomic E-state index is 15.6. The Hall–Kier alpha value is -8.00. The Morgan fingerprint density at radius 1 is 0.806 bits per heavy atom. The smallest absolute Gasteiger partial charge is 0.264 e.